The Kier molecular flexibility index (Phi) is 5.44. The first-order valence-corrected chi connectivity index (χ1v) is 9.63. The van der Waals surface area contributed by atoms with Crippen LogP contribution in [-0.2, 0) is 11.8 Å². The molecule has 0 saturated carbocycles. The Balaban J connectivity index is 1.98. The van der Waals surface area contributed by atoms with Gasteiger partial charge in [-0.15, -0.1) is 0 Å². The van der Waals surface area contributed by atoms with Gasteiger partial charge in [-0.3, -0.25) is 0 Å². The van der Waals surface area contributed by atoms with E-state index in [9.17, 15) is 0 Å². The van der Waals surface area contributed by atoms with E-state index in [1.54, 1.807) is 0 Å². The van der Waals surface area contributed by atoms with Gasteiger partial charge in [0.2, 0.25) is 0 Å². The fraction of sp³-hybridized carbons (Fsp3) is 0.250. The van der Waals surface area contributed by atoms with Crippen molar-refractivity contribution in [2.75, 3.05) is 0 Å². The Morgan fingerprint density at radius 3 is 1.88 bits per heavy atom. The smallest absolute Gasteiger partial charge is 0.0207 e. The highest BCUT2D eigenvalue weighted by atomic mass is 79.9. The minimum Gasteiger partial charge on any atom is -0.0622 e. The van der Waals surface area contributed by atoms with Crippen LogP contribution in [-0.4, -0.2) is 0 Å². The van der Waals surface area contributed by atoms with Gasteiger partial charge in [0.15, 0.2) is 0 Å². The van der Waals surface area contributed by atoms with Gasteiger partial charge in [0, 0.05) is 10.4 Å². The molecule has 0 amide bonds. The van der Waals surface area contributed by atoms with Crippen molar-refractivity contribution in [2.45, 2.75) is 38.5 Å². The molecule has 3 rings (SSSR count). The molecule has 1 heteroatoms. The summed E-state index contributed by atoms with van der Waals surface area (Å²) in [7, 11) is 0. The maximum Gasteiger partial charge on any atom is 0.0207 e. The molecular formula is C24H25Br. The topological polar surface area (TPSA) is 0 Å². The monoisotopic (exact) mass is 392 g/mol. The molecule has 0 aromatic heterocycles. The molecule has 0 aliphatic rings. The first-order chi connectivity index (χ1) is 11.9. The highest BCUT2D eigenvalue weighted by Gasteiger charge is 2.18. The molecule has 1 atom stereocenters. The molecule has 1 unspecified atom stereocenters. The number of hydrogen-bond donors (Lipinski definition) is 0. The Bertz CT molecular complexity index is 811. The molecule has 3 aromatic carbocycles. The molecule has 128 valence electrons. The normalized spacial score (nSPS) is 12.8. The van der Waals surface area contributed by atoms with Crippen LogP contribution in [0.2, 0.25) is 0 Å². The lowest BCUT2D eigenvalue weighted by Gasteiger charge is -2.22. The lowest BCUT2D eigenvalue weighted by Crippen LogP contribution is -2.12. The minimum atomic E-state index is 0.184. The molecular weight excluding hydrogens is 368 g/mol. The second-order valence-corrected chi connectivity index (χ2v) is 8.49. The van der Waals surface area contributed by atoms with E-state index in [1.807, 2.05) is 0 Å². The first kappa shape index (κ1) is 17.9. The van der Waals surface area contributed by atoms with E-state index in [-0.39, 0.29) is 5.41 Å². The molecule has 0 bridgehead atoms. The van der Waals surface area contributed by atoms with E-state index in [4.69, 9.17) is 0 Å². The molecule has 0 heterocycles. The summed E-state index contributed by atoms with van der Waals surface area (Å²) in [5, 5.41) is 0. The first-order valence-electron chi connectivity index (χ1n) is 8.84. The average Bonchev–Trinajstić information content (AvgIpc) is 2.61. The van der Waals surface area contributed by atoms with Gasteiger partial charge in [-0.05, 0) is 40.2 Å². The molecule has 0 spiro atoms. The van der Waals surface area contributed by atoms with Gasteiger partial charge in [0.05, 0.1) is 0 Å². The maximum atomic E-state index is 3.71. The molecule has 0 saturated heterocycles. The summed E-state index contributed by atoms with van der Waals surface area (Å²) in [4.78, 5) is 0. The average molecular weight is 393 g/mol. The zero-order valence-electron chi connectivity index (χ0n) is 15.2. The number of rotatable bonds is 4. The van der Waals surface area contributed by atoms with Crippen LogP contribution >= 0.6 is 15.9 Å². The third kappa shape index (κ3) is 4.41. The van der Waals surface area contributed by atoms with Crippen LogP contribution in [0.5, 0.6) is 0 Å². The largest absolute Gasteiger partial charge is 0.0622 e. The van der Waals surface area contributed by atoms with E-state index >= 15 is 0 Å². The molecule has 3 aromatic rings. The lowest BCUT2D eigenvalue weighted by molar-refractivity contribution is 0.589. The predicted octanol–water partition coefficient (Wildman–Crippen LogP) is 7.12. The second-order valence-electron chi connectivity index (χ2n) is 7.63. The fourth-order valence-corrected chi connectivity index (χ4v) is 3.66. The third-order valence-corrected chi connectivity index (χ3v) is 5.54. The van der Waals surface area contributed by atoms with E-state index in [0.29, 0.717) is 5.92 Å². The summed E-state index contributed by atoms with van der Waals surface area (Å²) in [5.41, 5.74) is 5.64. The fourth-order valence-electron chi connectivity index (χ4n) is 3.21. The summed E-state index contributed by atoms with van der Waals surface area (Å²) in [6.45, 7) is 6.79. The molecule has 0 aliphatic carbocycles. The Morgan fingerprint density at radius 2 is 1.28 bits per heavy atom. The van der Waals surface area contributed by atoms with Crippen LogP contribution in [0.15, 0.2) is 83.3 Å². The van der Waals surface area contributed by atoms with Crippen molar-refractivity contribution in [2.24, 2.45) is 0 Å². The van der Waals surface area contributed by atoms with Crippen molar-refractivity contribution in [3.8, 4) is 0 Å². The molecule has 0 aliphatic heterocycles. The van der Waals surface area contributed by atoms with Crippen molar-refractivity contribution < 1.29 is 0 Å². The summed E-state index contributed by atoms with van der Waals surface area (Å²) >= 11 is 3.71. The lowest BCUT2D eigenvalue weighted by atomic mass is 9.82. The van der Waals surface area contributed by atoms with Crippen molar-refractivity contribution in [1.29, 1.82) is 0 Å². The van der Waals surface area contributed by atoms with Gasteiger partial charge in [0.1, 0.15) is 0 Å². The van der Waals surface area contributed by atoms with Gasteiger partial charge in [-0.25, -0.2) is 0 Å². The number of halogens is 1. The standard InChI is InChI=1S/C24H25Br/c1-24(2,3)21-15-13-19(14-16-21)22(18-9-5-4-6-10-18)17-20-11-7-8-12-23(20)25/h4-16,22H,17H2,1-3H3. The maximum absolute atomic E-state index is 3.71. The molecule has 0 fully saturated rings. The highest BCUT2D eigenvalue weighted by Crippen LogP contribution is 2.32. The van der Waals surface area contributed by atoms with Gasteiger partial charge in [-0.1, -0.05) is 109 Å². The van der Waals surface area contributed by atoms with E-state index in [0.717, 1.165) is 6.42 Å². The summed E-state index contributed by atoms with van der Waals surface area (Å²) < 4.78 is 1.18. The summed E-state index contributed by atoms with van der Waals surface area (Å²) in [5.74, 6) is 0.355. The van der Waals surface area contributed by atoms with Gasteiger partial charge >= 0.3 is 0 Å². The van der Waals surface area contributed by atoms with Crippen LogP contribution in [0.4, 0.5) is 0 Å². The zero-order chi connectivity index (χ0) is 17.9. The molecule has 25 heavy (non-hydrogen) atoms. The Morgan fingerprint density at radius 1 is 0.720 bits per heavy atom. The Labute approximate surface area is 160 Å². The van der Waals surface area contributed by atoms with E-state index < -0.39 is 0 Å². The van der Waals surface area contributed by atoms with Gasteiger partial charge in [0.25, 0.3) is 0 Å². The quantitative estimate of drug-likeness (QED) is 0.443. The van der Waals surface area contributed by atoms with Crippen LogP contribution in [0, 0.1) is 0 Å². The van der Waals surface area contributed by atoms with E-state index in [1.165, 1.54) is 26.7 Å². The third-order valence-electron chi connectivity index (χ3n) is 4.76. The summed E-state index contributed by atoms with van der Waals surface area (Å²) in [6, 6.07) is 28.5. The molecule has 0 nitrogen and oxygen atoms in total. The second kappa shape index (κ2) is 7.58. The van der Waals surface area contributed by atoms with Crippen LogP contribution in [0.1, 0.15) is 48.9 Å². The zero-order valence-corrected chi connectivity index (χ0v) is 16.8. The van der Waals surface area contributed by atoms with Crippen LogP contribution in [0.3, 0.4) is 0 Å². The van der Waals surface area contributed by atoms with Crippen molar-refractivity contribution in [1.82, 2.24) is 0 Å². The summed E-state index contributed by atoms with van der Waals surface area (Å²) in [6.07, 6.45) is 0.986. The predicted molar refractivity (Wildman–Crippen MR) is 111 cm³/mol. The van der Waals surface area contributed by atoms with Crippen molar-refractivity contribution in [3.63, 3.8) is 0 Å². The SMILES string of the molecule is CC(C)(C)c1ccc(C(Cc2ccccc2Br)c2ccccc2)cc1. The number of benzene rings is 3. The minimum absolute atomic E-state index is 0.184. The Hall–Kier alpha value is -1.86. The molecule has 0 N–H and O–H groups in total. The van der Waals surface area contributed by atoms with Crippen molar-refractivity contribution in [3.05, 3.63) is 106 Å². The van der Waals surface area contributed by atoms with Crippen LogP contribution in [0.25, 0.3) is 0 Å². The number of hydrogen-bond acceptors (Lipinski definition) is 0. The van der Waals surface area contributed by atoms with Crippen LogP contribution < -0.4 is 0 Å². The van der Waals surface area contributed by atoms with Gasteiger partial charge in [-0.2, -0.15) is 0 Å². The highest BCUT2D eigenvalue weighted by molar-refractivity contribution is 9.10. The molecule has 0 radical (unpaired) electrons. The van der Waals surface area contributed by atoms with Crippen molar-refractivity contribution >= 4 is 15.9 Å². The van der Waals surface area contributed by atoms with Gasteiger partial charge < -0.3 is 0 Å². The van der Waals surface area contributed by atoms with E-state index in [2.05, 4.69) is 116 Å².